The van der Waals surface area contributed by atoms with Gasteiger partial charge >= 0.3 is 0 Å². The van der Waals surface area contributed by atoms with Crippen LogP contribution in [-0.2, 0) is 10.0 Å². The zero-order valence-corrected chi connectivity index (χ0v) is 18.6. The van der Waals surface area contributed by atoms with Crippen molar-refractivity contribution < 1.29 is 8.42 Å². The molecule has 0 atom stereocenters. The number of benzene rings is 2. The lowest BCUT2D eigenvalue weighted by Gasteiger charge is -2.19. The van der Waals surface area contributed by atoms with E-state index in [1.165, 1.54) is 0 Å². The molecule has 0 radical (unpaired) electrons. The zero-order chi connectivity index (χ0) is 20.8. The molecule has 0 aromatic heterocycles. The van der Waals surface area contributed by atoms with E-state index in [4.69, 9.17) is 0 Å². The number of nitrogens with zero attached hydrogens (tertiary/aromatic N) is 1. The number of hydrogen-bond acceptors (Lipinski definition) is 2. The van der Waals surface area contributed by atoms with Crippen LogP contribution in [0.25, 0.3) is 0 Å². The van der Waals surface area contributed by atoms with E-state index in [0.29, 0.717) is 11.3 Å². The van der Waals surface area contributed by atoms with Gasteiger partial charge in [-0.05, 0) is 44.0 Å². The Morgan fingerprint density at radius 2 is 1.57 bits per heavy atom. The molecule has 0 spiro atoms. The molecule has 2 rings (SSSR count). The van der Waals surface area contributed by atoms with E-state index in [2.05, 4.69) is 54.9 Å². The van der Waals surface area contributed by atoms with Crippen molar-refractivity contribution in [1.82, 2.24) is 0 Å². The fourth-order valence-corrected chi connectivity index (χ4v) is 4.00. The topological polar surface area (TPSA) is 37.4 Å². The van der Waals surface area contributed by atoms with Crippen LogP contribution in [0.15, 0.2) is 53.4 Å². The highest BCUT2D eigenvalue weighted by Crippen LogP contribution is 2.26. The number of para-hydroxylation sites is 1. The monoisotopic (exact) mass is 405 g/mol. The highest BCUT2D eigenvalue weighted by Gasteiger charge is 2.25. The third-order valence-electron chi connectivity index (χ3n) is 3.60. The summed E-state index contributed by atoms with van der Waals surface area (Å²) in [6.45, 7) is 9.98. The van der Waals surface area contributed by atoms with Crippen molar-refractivity contribution in [2.75, 3.05) is 4.31 Å². The fourth-order valence-electron chi connectivity index (χ4n) is 2.22. The Kier molecular flexibility index (Phi) is 6.76. The van der Waals surface area contributed by atoms with Crippen LogP contribution in [0.4, 0.5) is 5.69 Å². The molecule has 0 aliphatic heterocycles. The van der Waals surface area contributed by atoms with E-state index in [-0.39, 0.29) is 4.90 Å². The molecular formula is C23H23NO2SSi. The quantitative estimate of drug-likeness (QED) is 0.431. The molecule has 0 aliphatic carbocycles. The first kappa shape index (κ1) is 21.4. The van der Waals surface area contributed by atoms with Crippen molar-refractivity contribution in [2.24, 2.45) is 0 Å². The molecule has 0 fully saturated rings. The van der Waals surface area contributed by atoms with Crippen molar-refractivity contribution in [2.45, 2.75) is 38.4 Å². The average Bonchev–Trinajstić information content (AvgIpc) is 2.63. The lowest BCUT2D eigenvalue weighted by atomic mass is 10.2. The van der Waals surface area contributed by atoms with Gasteiger partial charge in [0.2, 0.25) is 0 Å². The van der Waals surface area contributed by atoms with E-state index in [1.807, 2.05) is 19.1 Å². The summed E-state index contributed by atoms with van der Waals surface area (Å²) in [5, 5.41) is 0. The standard InChI is InChI=1S/C23H23NO2SSi/c1-6-7-10-18-24(27(25,26)22-15-13-20(2)14-16-22)23-12-9-8-11-21(23)17-19-28(3,4)5/h8-9,11-16H,1-5H3. The minimum absolute atomic E-state index is 0.171. The van der Waals surface area contributed by atoms with Gasteiger partial charge in [-0.15, -0.1) is 5.54 Å². The molecule has 142 valence electrons. The molecule has 5 heteroatoms. The van der Waals surface area contributed by atoms with Gasteiger partial charge in [-0.1, -0.05) is 61.3 Å². The highest BCUT2D eigenvalue weighted by atomic mass is 32.2. The highest BCUT2D eigenvalue weighted by molar-refractivity contribution is 7.93. The predicted molar refractivity (Wildman–Crippen MR) is 119 cm³/mol. The number of anilines is 1. The summed E-state index contributed by atoms with van der Waals surface area (Å²) in [7, 11) is -5.52. The SMILES string of the molecule is CC#CC#CN(c1ccccc1C#C[Si](C)(C)C)S(=O)(=O)c1ccc(C)cc1. The Morgan fingerprint density at radius 3 is 2.18 bits per heavy atom. The summed E-state index contributed by atoms with van der Waals surface area (Å²) in [5.41, 5.74) is 5.33. The maximum absolute atomic E-state index is 13.3. The zero-order valence-electron chi connectivity index (χ0n) is 16.8. The summed E-state index contributed by atoms with van der Waals surface area (Å²) in [6.07, 6.45) is 0. The smallest absolute Gasteiger partial charge is 0.200 e. The third kappa shape index (κ3) is 5.54. The molecule has 0 saturated heterocycles. The van der Waals surface area contributed by atoms with Crippen molar-refractivity contribution in [3.63, 3.8) is 0 Å². The molecule has 0 amide bonds. The van der Waals surface area contributed by atoms with Crippen LogP contribution in [0.1, 0.15) is 18.1 Å². The molecule has 0 N–H and O–H groups in total. The van der Waals surface area contributed by atoms with Gasteiger partial charge in [0.15, 0.2) is 0 Å². The Balaban J connectivity index is 2.69. The lowest BCUT2D eigenvalue weighted by Crippen LogP contribution is -2.27. The molecule has 3 nitrogen and oxygen atoms in total. The molecule has 2 aromatic rings. The van der Waals surface area contributed by atoms with Gasteiger partial charge in [-0.2, -0.15) is 4.31 Å². The molecule has 0 unspecified atom stereocenters. The second kappa shape index (κ2) is 8.85. The molecular weight excluding hydrogens is 382 g/mol. The number of aryl methyl sites for hydroxylation is 1. The average molecular weight is 406 g/mol. The van der Waals surface area contributed by atoms with Gasteiger partial charge < -0.3 is 0 Å². The normalized spacial score (nSPS) is 10.5. The van der Waals surface area contributed by atoms with E-state index in [9.17, 15) is 8.42 Å². The minimum Gasteiger partial charge on any atom is -0.200 e. The summed E-state index contributed by atoms with van der Waals surface area (Å²) >= 11 is 0. The Labute approximate surface area is 169 Å². The summed E-state index contributed by atoms with van der Waals surface area (Å²) < 4.78 is 27.7. The van der Waals surface area contributed by atoms with Crippen molar-refractivity contribution in [3.05, 3.63) is 59.7 Å². The van der Waals surface area contributed by atoms with Crippen LogP contribution in [0.2, 0.25) is 19.6 Å². The maximum Gasteiger partial charge on any atom is 0.275 e. The largest absolute Gasteiger partial charge is 0.275 e. The number of rotatable bonds is 3. The molecule has 0 heterocycles. The summed E-state index contributed by atoms with van der Waals surface area (Å²) in [4.78, 5) is 0.171. The second-order valence-electron chi connectivity index (χ2n) is 7.21. The number of sulfonamides is 1. The van der Waals surface area contributed by atoms with Crippen LogP contribution in [0.5, 0.6) is 0 Å². The predicted octanol–water partition coefficient (Wildman–Crippen LogP) is 4.40. The summed E-state index contributed by atoms with van der Waals surface area (Å²) in [5.74, 6) is 11.1. The van der Waals surface area contributed by atoms with Crippen LogP contribution in [-0.4, -0.2) is 16.5 Å². The lowest BCUT2D eigenvalue weighted by molar-refractivity contribution is 0.596. The van der Waals surface area contributed by atoms with E-state index >= 15 is 0 Å². The van der Waals surface area contributed by atoms with Crippen molar-refractivity contribution >= 4 is 23.8 Å². The minimum atomic E-state index is -3.89. The summed E-state index contributed by atoms with van der Waals surface area (Å²) in [6, 6.07) is 16.5. The van der Waals surface area contributed by atoms with Crippen LogP contribution in [0.3, 0.4) is 0 Å². The fraction of sp³-hybridized carbons (Fsp3) is 0.217. The molecule has 0 bridgehead atoms. The first-order valence-electron chi connectivity index (χ1n) is 8.82. The van der Waals surface area contributed by atoms with E-state index in [1.54, 1.807) is 43.3 Å². The second-order valence-corrected chi connectivity index (χ2v) is 13.7. The van der Waals surface area contributed by atoms with Gasteiger partial charge in [0.1, 0.15) is 8.07 Å². The Bertz CT molecular complexity index is 1140. The van der Waals surface area contributed by atoms with Crippen LogP contribution >= 0.6 is 0 Å². The first-order chi connectivity index (χ1) is 13.1. The Hall–Kier alpha value is -2.91. The van der Waals surface area contributed by atoms with Crippen LogP contribution < -0.4 is 4.31 Å². The molecule has 0 saturated carbocycles. The maximum atomic E-state index is 13.3. The van der Waals surface area contributed by atoms with Gasteiger partial charge in [0, 0.05) is 17.5 Å². The third-order valence-corrected chi connectivity index (χ3v) is 6.11. The van der Waals surface area contributed by atoms with Crippen molar-refractivity contribution in [1.29, 1.82) is 0 Å². The van der Waals surface area contributed by atoms with Gasteiger partial charge in [0.05, 0.1) is 10.6 Å². The van der Waals surface area contributed by atoms with Gasteiger partial charge in [-0.3, -0.25) is 0 Å². The van der Waals surface area contributed by atoms with E-state index < -0.39 is 18.1 Å². The van der Waals surface area contributed by atoms with Gasteiger partial charge in [0.25, 0.3) is 10.0 Å². The number of hydrogen-bond donors (Lipinski definition) is 0. The Morgan fingerprint density at radius 1 is 0.929 bits per heavy atom. The first-order valence-corrected chi connectivity index (χ1v) is 13.8. The van der Waals surface area contributed by atoms with Crippen LogP contribution in [0, 0.1) is 42.2 Å². The molecule has 2 aromatic carbocycles. The molecule has 28 heavy (non-hydrogen) atoms. The van der Waals surface area contributed by atoms with Crippen molar-refractivity contribution in [3.8, 4) is 35.3 Å². The van der Waals surface area contributed by atoms with Gasteiger partial charge in [-0.25, -0.2) is 8.42 Å². The van der Waals surface area contributed by atoms with E-state index in [0.717, 1.165) is 9.87 Å². The molecule has 0 aliphatic rings.